The first-order valence-electron chi connectivity index (χ1n) is 21.6. The summed E-state index contributed by atoms with van der Waals surface area (Å²) in [4.78, 5) is 10.9. The molecule has 0 N–H and O–H groups in total. The van der Waals surface area contributed by atoms with Gasteiger partial charge in [-0.05, 0) is 89.0 Å². The van der Waals surface area contributed by atoms with Crippen LogP contribution in [-0.2, 0) is 0 Å². The lowest BCUT2D eigenvalue weighted by Gasteiger charge is -2.10. The van der Waals surface area contributed by atoms with Gasteiger partial charge in [0.15, 0.2) is 5.82 Å². The van der Waals surface area contributed by atoms with Crippen LogP contribution >= 0.6 is 0 Å². The molecule has 0 radical (unpaired) electrons. The smallest absolute Gasteiger partial charge is 0.231 e. The molecule has 0 aliphatic heterocycles. The molecule has 6 heterocycles. The molecular weight excluding hydrogens is 805 g/mol. The molecule has 15 aromatic rings. The first-order valence-corrected chi connectivity index (χ1v) is 21.6. The number of nitrogens with zero attached hydrogens (tertiary/aromatic N) is 2. The Morgan fingerprint density at radius 2 is 0.646 bits per heavy atom. The molecule has 0 aliphatic carbocycles. The van der Waals surface area contributed by atoms with Crippen LogP contribution in [0.15, 0.2) is 204 Å². The topological polar surface area (TPSA) is 91.5 Å². The van der Waals surface area contributed by atoms with E-state index in [9.17, 15) is 0 Å². The second-order valence-electron chi connectivity index (χ2n) is 16.7. The van der Waals surface area contributed by atoms with Gasteiger partial charge in [0.2, 0.25) is 5.71 Å². The summed E-state index contributed by atoms with van der Waals surface area (Å²) in [5.41, 5.74) is 14.4. The molecule has 15 rings (SSSR count). The van der Waals surface area contributed by atoms with E-state index in [-0.39, 0.29) is 0 Å². The monoisotopic (exact) mass is 834 g/mol. The highest BCUT2D eigenvalue weighted by Crippen LogP contribution is 2.46. The van der Waals surface area contributed by atoms with E-state index in [0.717, 1.165) is 138 Å². The largest absolute Gasteiger partial charge is 0.456 e. The predicted octanol–water partition coefficient (Wildman–Crippen LogP) is 16.6. The number of fused-ring (bicyclic) bond motifs is 15. The molecular formula is C58H30N2O5. The zero-order valence-corrected chi connectivity index (χ0v) is 34.3. The van der Waals surface area contributed by atoms with Crippen molar-refractivity contribution in [2.45, 2.75) is 0 Å². The van der Waals surface area contributed by atoms with E-state index in [4.69, 9.17) is 32.1 Å². The molecule has 0 amide bonds. The van der Waals surface area contributed by atoms with E-state index >= 15 is 0 Å². The summed E-state index contributed by atoms with van der Waals surface area (Å²) in [6, 6.07) is 62.0. The van der Waals surface area contributed by atoms with Crippen LogP contribution in [0.5, 0.6) is 0 Å². The number of rotatable bonds is 4. The van der Waals surface area contributed by atoms with Gasteiger partial charge in [-0.1, -0.05) is 115 Å². The first kappa shape index (κ1) is 34.6. The molecule has 0 fully saturated rings. The average molecular weight is 835 g/mol. The third kappa shape index (κ3) is 4.89. The van der Waals surface area contributed by atoms with E-state index < -0.39 is 0 Å². The van der Waals surface area contributed by atoms with Crippen molar-refractivity contribution in [3.63, 3.8) is 0 Å². The SMILES string of the molecule is c1ccc2c(c1)oc1cccc(-c3ccc4oc5cccc(-c6nc(-c7cccc8oc9ccccc9c78)c7c(n6)oc6ccc(-c8cccc9oc%10ccccc%10c89)cc67)c5c4c3)c12. The van der Waals surface area contributed by atoms with Crippen LogP contribution in [0.2, 0.25) is 0 Å². The van der Waals surface area contributed by atoms with Crippen LogP contribution in [0.25, 0.3) is 155 Å². The molecule has 0 spiro atoms. The van der Waals surface area contributed by atoms with Gasteiger partial charge in [-0.3, -0.25) is 0 Å². The van der Waals surface area contributed by atoms with Gasteiger partial charge in [-0.25, -0.2) is 4.98 Å². The Hall–Kier alpha value is -8.94. The Balaban J connectivity index is 1.00. The van der Waals surface area contributed by atoms with E-state index in [1.807, 2.05) is 97.1 Å². The zero-order chi connectivity index (χ0) is 42.3. The lowest BCUT2D eigenvalue weighted by molar-refractivity contribution is 0.653. The second-order valence-corrected chi connectivity index (χ2v) is 16.7. The lowest BCUT2D eigenvalue weighted by atomic mass is 9.96. The molecule has 0 saturated heterocycles. The molecule has 7 nitrogen and oxygen atoms in total. The minimum absolute atomic E-state index is 0.484. The van der Waals surface area contributed by atoms with Crippen molar-refractivity contribution in [1.82, 2.24) is 9.97 Å². The molecule has 65 heavy (non-hydrogen) atoms. The molecule has 302 valence electrons. The van der Waals surface area contributed by atoms with E-state index in [2.05, 4.69) is 84.9 Å². The number of benzene rings is 9. The minimum atomic E-state index is 0.484. The Labute approximate surface area is 367 Å². The standard InChI is InChI=1S/C58H30N2O5/c1-4-18-42-35(11-1)51-33(14-7-21-47(51)61-42)31-25-27-45-40(29-31)54-39(17-10-24-50(54)64-45)57-59-56(38-16-9-23-49-53(38)37-13-3-6-20-44(37)63-49)55-41-30-32(26-28-46(41)65-58(55)60-57)34-15-8-22-48-52(34)36-12-2-5-19-43(36)62-48/h1-30H. The zero-order valence-electron chi connectivity index (χ0n) is 34.3. The van der Waals surface area contributed by atoms with Gasteiger partial charge in [-0.2, -0.15) is 4.98 Å². The van der Waals surface area contributed by atoms with Crippen molar-refractivity contribution in [1.29, 1.82) is 0 Å². The molecule has 0 atom stereocenters. The summed E-state index contributed by atoms with van der Waals surface area (Å²) >= 11 is 0. The average Bonchev–Trinajstić information content (AvgIpc) is 4.18. The quantitative estimate of drug-likeness (QED) is 0.174. The van der Waals surface area contributed by atoms with Crippen LogP contribution in [-0.4, -0.2) is 9.97 Å². The van der Waals surface area contributed by atoms with Crippen LogP contribution in [0.4, 0.5) is 0 Å². The van der Waals surface area contributed by atoms with Gasteiger partial charge >= 0.3 is 0 Å². The summed E-state index contributed by atoms with van der Waals surface area (Å²) < 4.78 is 32.4. The van der Waals surface area contributed by atoms with Crippen molar-refractivity contribution in [2.24, 2.45) is 0 Å². The molecule has 0 saturated carbocycles. The van der Waals surface area contributed by atoms with Crippen molar-refractivity contribution in [3.8, 4) is 44.9 Å². The highest BCUT2D eigenvalue weighted by atomic mass is 16.3. The van der Waals surface area contributed by atoms with Gasteiger partial charge in [-0.15, -0.1) is 0 Å². The summed E-state index contributed by atoms with van der Waals surface area (Å²) in [6.45, 7) is 0. The van der Waals surface area contributed by atoms with Crippen molar-refractivity contribution < 1.29 is 22.1 Å². The van der Waals surface area contributed by atoms with Crippen molar-refractivity contribution in [2.75, 3.05) is 0 Å². The Bertz CT molecular complexity index is 4500. The van der Waals surface area contributed by atoms with Crippen LogP contribution in [0, 0.1) is 0 Å². The van der Waals surface area contributed by atoms with Crippen LogP contribution < -0.4 is 0 Å². The number of hydrogen-bond acceptors (Lipinski definition) is 7. The highest BCUT2D eigenvalue weighted by molar-refractivity contribution is 6.21. The fourth-order valence-electron chi connectivity index (χ4n) is 10.3. The van der Waals surface area contributed by atoms with E-state index in [0.29, 0.717) is 17.1 Å². The second kappa shape index (κ2) is 12.8. The number of furan rings is 5. The number of para-hydroxylation sites is 3. The predicted molar refractivity (Wildman–Crippen MR) is 260 cm³/mol. The molecule has 0 aliphatic rings. The third-order valence-electron chi connectivity index (χ3n) is 13.2. The maximum atomic E-state index is 6.79. The fourth-order valence-corrected chi connectivity index (χ4v) is 10.3. The summed E-state index contributed by atoms with van der Waals surface area (Å²) in [5, 5.41) is 9.90. The van der Waals surface area contributed by atoms with Gasteiger partial charge in [0.05, 0.1) is 11.1 Å². The van der Waals surface area contributed by atoms with E-state index in [1.54, 1.807) is 0 Å². The van der Waals surface area contributed by atoms with Crippen molar-refractivity contribution in [3.05, 3.63) is 182 Å². The fraction of sp³-hybridized carbons (Fsp3) is 0. The molecule has 7 heteroatoms. The molecule has 6 aromatic heterocycles. The summed E-state index contributed by atoms with van der Waals surface area (Å²) in [6.07, 6.45) is 0. The van der Waals surface area contributed by atoms with Crippen LogP contribution in [0.1, 0.15) is 0 Å². The Kier molecular flexibility index (Phi) is 6.83. The van der Waals surface area contributed by atoms with Gasteiger partial charge in [0.1, 0.15) is 50.2 Å². The van der Waals surface area contributed by atoms with Gasteiger partial charge in [0, 0.05) is 59.6 Å². The minimum Gasteiger partial charge on any atom is -0.456 e. The Morgan fingerprint density at radius 3 is 1.17 bits per heavy atom. The molecule has 0 bridgehead atoms. The van der Waals surface area contributed by atoms with Gasteiger partial charge < -0.3 is 22.1 Å². The molecule has 9 aromatic carbocycles. The maximum absolute atomic E-state index is 6.79. The van der Waals surface area contributed by atoms with Crippen molar-refractivity contribution >= 4 is 110 Å². The number of aromatic nitrogens is 2. The summed E-state index contributed by atoms with van der Waals surface area (Å²) in [5.74, 6) is 0.521. The normalized spacial score (nSPS) is 12.3. The first-order chi connectivity index (χ1) is 32.2. The Morgan fingerprint density at radius 1 is 0.262 bits per heavy atom. The molecule has 0 unspecified atom stereocenters. The maximum Gasteiger partial charge on any atom is 0.231 e. The van der Waals surface area contributed by atoms with Gasteiger partial charge in [0.25, 0.3) is 0 Å². The highest BCUT2D eigenvalue weighted by Gasteiger charge is 2.25. The number of hydrogen-bond donors (Lipinski definition) is 0. The lowest BCUT2D eigenvalue weighted by Crippen LogP contribution is -1.95. The van der Waals surface area contributed by atoms with Crippen LogP contribution in [0.3, 0.4) is 0 Å². The summed E-state index contributed by atoms with van der Waals surface area (Å²) in [7, 11) is 0. The van der Waals surface area contributed by atoms with E-state index in [1.165, 1.54) is 0 Å². The third-order valence-corrected chi connectivity index (χ3v) is 13.2.